The van der Waals surface area contributed by atoms with Gasteiger partial charge in [0.1, 0.15) is 11.6 Å². The quantitative estimate of drug-likeness (QED) is 0.253. The number of halogens is 3. The summed E-state index contributed by atoms with van der Waals surface area (Å²) in [5.41, 5.74) is 0.824. The lowest BCUT2D eigenvalue weighted by molar-refractivity contribution is -0.139. The molecule has 1 saturated heterocycles. The number of aliphatic hydroxyl groups excluding tert-OH is 1. The average Bonchev–Trinajstić information content (AvgIpc) is 3.36. The average molecular weight is 592 g/mol. The molecule has 3 atom stereocenters. The number of pyridine rings is 1. The van der Waals surface area contributed by atoms with Gasteiger partial charge >= 0.3 is 5.97 Å². The lowest BCUT2D eigenvalue weighted by atomic mass is 9.79. The molecule has 2 aromatic heterocycles. The van der Waals surface area contributed by atoms with Crippen LogP contribution < -0.4 is 4.74 Å². The van der Waals surface area contributed by atoms with Gasteiger partial charge in [-0.2, -0.15) is 0 Å². The van der Waals surface area contributed by atoms with Crippen LogP contribution in [-0.4, -0.2) is 58.6 Å². The van der Waals surface area contributed by atoms with E-state index in [0.29, 0.717) is 29.5 Å². The van der Waals surface area contributed by atoms with Crippen molar-refractivity contribution in [2.45, 2.75) is 36.0 Å². The van der Waals surface area contributed by atoms with Crippen LogP contribution in [0.4, 0.5) is 4.39 Å². The number of aliphatic carboxylic acids is 1. The van der Waals surface area contributed by atoms with Gasteiger partial charge in [-0.25, -0.2) is 4.39 Å². The van der Waals surface area contributed by atoms with E-state index in [1.807, 2.05) is 17.8 Å². The van der Waals surface area contributed by atoms with Gasteiger partial charge in [-0.1, -0.05) is 6.07 Å². The number of ether oxygens (including phenoxy) is 1. The Labute approximate surface area is 237 Å². The molecule has 11 heteroatoms. The van der Waals surface area contributed by atoms with Crippen molar-refractivity contribution in [1.82, 2.24) is 9.88 Å². The number of carbonyl (C=O) groups is 1. The molecule has 0 spiro atoms. The van der Waals surface area contributed by atoms with E-state index in [-0.39, 0.29) is 48.6 Å². The number of rotatable bonds is 11. The monoisotopic (exact) mass is 590 g/mol. The van der Waals surface area contributed by atoms with Crippen molar-refractivity contribution in [3.63, 3.8) is 0 Å². The van der Waals surface area contributed by atoms with E-state index in [0.717, 1.165) is 38.0 Å². The summed E-state index contributed by atoms with van der Waals surface area (Å²) in [4.78, 5) is 18.0. The molecule has 3 unspecified atom stereocenters. The molecule has 0 bridgehead atoms. The second-order valence-corrected chi connectivity index (χ2v) is 11.3. The predicted octanol–water partition coefficient (Wildman–Crippen LogP) is 6.31. The van der Waals surface area contributed by atoms with Gasteiger partial charge in [0.25, 0.3) is 0 Å². The van der Waals surface area contributed by atoms with Crippen molar-refractivity contribution in [1.29, 1.82) is 0 Å². The Morgan fingerprint density at radius 1 is 1.32 bits per heavy atom. The van der Waals surface area contributed by atoms with Gasteiger partial charge in [-0.15, -0.1) is 47.9 Å². The van der Waals surface area contributed by atoms with E-state index in [4.69, 9.17) is 4.74 Å². The number of thioether (sulfide) groups is 1. The fourth-order valence-corrected chi connectivity index (χ4v) is 6.83. The molecule has 2 N–H and O–H groups in total. The first-order chi connectivity index (χ1) is 16.9. The number of methoxy groups -OCH3 is 1. The second-order valence-electron chi connectivity index (χ2n) is 8.98. The Balaban J connectivity index is 0.00000241. The first-order valence-electron chi connectivity index (χ1n) is 11.8. The molecule has 3 aromatic rings. The zero-order valence-corrected chi connectivity index (χ0v) is 23.8. The highest BCUT2D eigenvalue weighted by Crippen LogP contribution is 2.36. The summed E-state index contributed by atoms with van der Waals surface area (Å²) in [6.07, 6.45) is 2.14. The molecule has 0 saturated carbocycles. The molecule has 1 fully saturated rings. The number of piperidine rings is 1. The van der Waals surface area contributed by atoms with Crippen LogP contribution in [0, 0.1) is 17.7 Å². The molecule has 204 valence electrons. The minimum absolute atomic E-state index is 0. The highest BCUT2D eigenvalue weighted by atomic mass is 35.5. The van der Waals surface area contributed by atoms with Crippen molar-refractivity contribution in [3.05, 3.63) is 53.3 Å². The maximum atomic E-state index is 14.7. The number of hydrogen-bond donors (Lipinski definition) is 2. The molecule has 0 amide bonds. The minimum atomic E-state index is -1.00. The van der Waals surface area contributed by atoms with Crippen LogP contribution in [0.2, 0.25) is 0 Å². The Morgan fingerprint density at radius 3 is 2.84 bits per heavy atom. The van der Waals surface area contributed by atoms with E-state index in [9.17, 15) is 19.4 Å². The first kappa shape index (κ1) is 31.6. The van der Waals surface area contributed by atoms with Gasteiger partial charge in [0.05, 0.1) is 29.1 Å². The molecule has 6 nitrogen and oxygen atoms in total. The number of aromatic nitrogens is 1. The van der Waals surface area contributed by atoms with E-state index < -0.39 is 17.9 Å². The van der Waals surface area contributed by atoms with Crippen LogP contribution >= 0.6 is 47.9 Å². The number of aliphatic hydroxyl groups is 1. The molecular formula is C26H33Cl2FN2O4S2. The van der Waals surface area contributed by atoms with Gasteiger partial charge < -0.3 is 19.8 Å². The predicted molar refractivity (Wildman–Crippen MR) is 152 cm³/mol. The summed E-state index contributed by atoms with van der Waals surface area (Å²) in [5.74, 6) is 0.394. The van der Waals surface area contributed by atoms with Crippen LogP contribution in [0.5, 0.6) is 5.75 Å². The number of benzene rings is 1. The summed E-state index contributed by atoms with van der Waals surface area (Å²) < 4.78 is 21.3. The number of likely N-dealkylation sites (tertiary alicyclic amines) is 1. The number of nitrogens with zero attached hydrogens (tertiary/aromatic N) is 2. The molecule has 4 rings (SSSR count). The Morgan fingerprint density at radius 2 is 2.14 bits per heavy atom. The topological polar surface area (TPSA) is 82.9 Å². The molecule has 1 aliphatic rings. The number of carboxylic acids is 1. The zero-order chi connectivity index (χ0) is 24.8. The van der Waals surface area contributed by atoms with Gasteiger partial charge in [0, 0.05) is 36.2 Å². The third-order valence-electron chi connectivity index (χ3n) is 6.77. The maximum Gasteiger partial charge on any atom is 0.303 e. The van der Waals surface area contributed by atoms with E-state index in [2.05, 4.69) is 21.3 Å². The number of thiophene rings is 1. The van der Waals surface area contributed by atoms with E-state index >= 15 is 0 Å². The molecule has 3 heterocycles. The smallest absolute Gasteiger partial charge is 0.303 e. The van der Waals surface area contributed by atoms with Crippen molar-refractivity contribution in [2.75, 3.05) is 32.5 Å². The standard InChI is InChI=1S/C26H31FN2O4S2.2ClH/c1-33-19-5-6-22-20(14-19)26(21(27)15-28-22)23(30)7-4-17-8-9-29(16-18(17)13-24(31)32)10-12-35-25-3-2-11-34-25;;/h2-3,5-6,11,14-15,17-18,23,30H,4,7-10,12-13,16H2,1H3,(H,31,32);2*1H. The number of hydrogen-bond acceptors (Lipinski definition) is 7. The van der Waals surface area contributed by atoms with Crippen LogP contribution in [0.3, 0.4) is 0 Å². The number of carboxylic acid groups (broad SMARTS) is 1. The summed E-state index contributed by atoms with van der Waals surface area (Å²) >= 11 is 3.57. The molecule has 1 aliphatic heterocycles. The Kier molecular flexibility index (Phi) is 12.9. The van der Waals surface area contributed by atoms with Crippen LogP contribution in [0.1, 0.15) is 37.4 Å². The normalized spacial score (nSPS) is 18.6. The van der Waals surface area contributed by atoms with Gasteiger partial charge in [-0.3, -0.25) is 9.78 Å². The van der Waals surface area contributed by atoms with Crippen molar-refractivity contribution in [2.24, 2.45) is 11.8 Å². The summed E-state index contributed by atoms with van der Waals surface area (Å²) in [7, 11) is 1.54. The third kappa shape index (κ3) is 8.43. The molecule has 1 aromatic carbocycles. The summed E-state index contributed by atoms with van der Waals surface area (Å²) in [6.45, 7) is 2.57. The third-order valence-corrected chi connectivity index (χ3v) is 8.88. The lowest BCUT2D eigenvalue weighted by Gasteiger charge is -2.38. The molecule has 0 aliphatic carbocycles. The van der Waals surface area contributed by atoms with Crippen molar-refractivity contribution >= 4 is 64.8 Å². The summed E-state index contributed by atoms with van der Waals surface area (Å²) in [5, 5.41) is 23.1. The number of fused-ring (bicyclic) bond motifs is 1. The second kappa shape index (κ2) is 15.1. The van der Waals surface area contributed by atoms with Gasteiger partial charge in [0.2, 0.25) is 0 Å². The molecule has 0 radical (unpaired) electrons. The maximum absolute atomic E-state index is 14.7. The van der Waals surface area contributed by atoms with Crippen molar-refractivity contribution < 1.29 is 24.1 Å². The Bertz CT molecular complexity index is 1140. The zero-order valence-electron chi connectivity index (χ0n) is 20.5. The molecule has 37 heavy (non-hydrogen) atoms. The molecular weight excluding hydrogens is 558 g/mol. The first-order valence-corrected chi connectivity index (χ1v) is 13.7. The Hall–Kier alpha value is -1.62. The van der Waals surface area contributed by atoms with E-state index in [1.165, 1.54) is 4.21 Å². The highest BCUT2D eigenvalue weighted by molar-refractivity contribution is 8.01. The van der Waals surface area contributed by atoms with Crippen LogP contribution in [0.25, 0.3) is 10.9 Å². The van der Waals surface area contributed by atoms with Crippen LogP contribution in [0.15, 0.2) is 46.1 Å². The summed E-state index contributed by atoms with van der Waals surface area (Å²) in [6, 6.07) is 9.37. The fourth-order valence-electron chi connectivity index (χ4n) is 4.97. The van der Waals surface area contributed by atoms with Gasteiger partial charge in [0.15, 0.2) is 0 Å². The fraction of sp³-hybridized carbons (Fsp3) is 0.462. The van der Waals surface area contributed by atoms with Gasteiger partial charge in [-0.05, 0) is 67.3 Å². The minimum Gasteiger partial charge on any atom is -0.497 e. The van der Waals surface area contributed by atoms with Crippen molar-refractivity contribution in [3.8, 4) is 5.75 Å². The lowest BCUT2D eigenvalue weighted by Crippen LogP contribution is -2.42. The SMILES string of the molecule is COc1ccc2ncc(F)c(C(O)CCC3CCN(CCSc4cccs4)CC3CC(=O)O)c2c1.Cl.Cl. The van der Waals surface area contributed by atoms with Crippen LogP contribution in [-0.2, 0) is 4.79 Å². The van der Waals surface area contributed by atoms with E-state index in [1.54, 1.807) is 36.6 Å². The largest absolute Gasteiger partial charge is 0.497 e. The highest BCUT2D eigenvalue weighted by Gasteiger charge is 2.31.